The number of hydrogen-bond acceptors (Lipinski definition) is 1. The molecule has 0 radical (unpaired) electrons. The summed E-state index contributed by atoms with van der Waals surface area (Å²) in [5.74, 6) is 0. The van der Waals surface area contributed by atoms with Gasteiger partial charge in [0, 0.05) is 0 Å². The molecule has 0 atom stereocenters. The molecule has 0 aliphatic heterocycles. The van der Waals surface area contributed by atoms with Gasteiger partial charge in [0.2, 0.25) is 0 Å². The first kappa shape index (κ1) is 15.7. The van der Waals surface area contributed by atoms with Gasteiger partial charge < -0.3 is 14.7 Å². The predicted octanol–water partition coefficient (Wildman–Crippen LogP) is -2.23. The average Bonchev–Trinajstić information content (AvgIpc) is 0.722. The van der Waals surface area contributed by atoms with Gasteiger partial charge in [0.1, 0.15) is 0 Å². The number of rotatable bonds is 0. The van der Waals surface area contributed by atoms with Crippen molar-refractivity contribution in [3.8, 4) is 0 Å². The summed E-state index contributed by atoms with van der Waals surface area (Å²) in [6.07, 6.45) is 0. The van der Waals surface area contributed by atoms with Gasteiger partial charge in [-0.05, 0) is 0 Å². The Bertz CT molecular complexity index is 55.8. The minimum atomic E-state index is -4.64. The van der Waals surface area contributed by atoms with Crippen molar-refractivity contribution in [3.05, 3.63) is 0 Å². The molecule has 36 valence electrons. The first-order valence-electron chi connectivity index (χ1n) is 0.783. The van der Waals surface area contributed by atoms with Gasteiger partial charge in [-0.2, -0.15) is 0 Å². The van der Waals surface area contributed by atoms with E-state index in [0.717, 1.165) is 0 Å². The van der Waals surface area contributed by atoms with Gasteiger partial charge in [0.25, 0.3) is 0 Å². The van der Waals surface area contributed by atoms with Crippen molar-refractivity contribution in [2.24, 2.45) is 0 Å². The van der Waals surface area contributed by atoms with Crippen molar-refractivity contribution in [3.63, 3.8) is 0 Å². The monoisotopic (exact) mass is 114 g/mol. The van der Waals surface area contributed by atoms with Crippen molar-refractivity contribution in [1.29, 1.82) is 0 Å². The Hall–Kier alpha value is 1.30. The van der Waals surface area contributed by atoms with Crippen LogP contribution in [0, 0.1) is 0 Å². The van der Waals surface area contributed by atoms with Gasteiger partial charge in [-0.25, -0.2) is 4.57 Å². The summed E-state index contributed by atoms with van der Waals surface area (Å²) in [6.45, 7) is 0. The van der Waals surface area contributed by atoms with E-state index in [0.29, 0.717) is 0 Å². The Labute approximate surface area is 64.9 Å². The van der Waals surface area contributed by atoms with Crippen LogP contribution in [0.15, 0.2) is 0 Å². The van der Waals surface area contributed by atoms with Crippen molar-refractivity contribution in [1.82, 2.24) is 0 Å². The Morgan fingerprint density at radius 1 is 1.00 bits per heavy atom. The van der Waals surface area contributed by atoms with Crippen LogP contribution in [-0.2, 0) is 4.57 Å². The molecule has 0 aromatic heterocycles. The third-order valence-electron chi connectivity index (χ3n) is 0. The average molecular weight is 114 g/mol. The van der Waals surface area contributed by atoms with Crippen LogP contribution < -0.4 is 0 Å². The van der Waals surface area contributed by atoms with Crippen LogP contribution >= 0.6 is 7.82 Å². The molecule has 0 rings (SSSR count). The molecule has 0 saturated heterocycles. The van der Waals surface area contributed by atoms with E-state index in [1.165, 1.54) is 0 Å². The molecule has 0 aliphatic carbocycles. The fraction of sp³-hybridized carbons (Fsp3) is 0. The van der Waals surface area contributed by atoms with Crippen molar-refractivity contribution in [2.45, 2.75) is 0 Å². The molecule has 0 spiro atoms. The second-order valence-electron chi connectivity index (χ2n) is 0.513. The van der Waals surface area contributed by atoms with Crippen LogP contribution in [0.3, 0.4) is 0 Å². The van der Waals surface area contributed by atoms with Crippen LogP contribution in [0.5, 0.6) is 0 Å². The van der Waals surface area contributed by atoms with Crippen LogP contribution in [0.2, 0.25) is 0 Å². The predicted molar refractivity (Wildman–Crippen MR) is 28.6 cm³/mol. The zero-order chi connectivity index (χ0) is 4.50. The molecule has 0 amide bonds. The van der Waals surface area contributed by atoms with E-state index >= 15 is 0 Å². The van der Waals surface area contributed by atoms with Gasteiger partial charge in [-0.15, -0.1) is 0 Å². The second-order valence-corrected chi connectivity index (χ2v) is 1.54. The quantitative estimate of drug-likeness (QED) is 0.246. The van der Waals surface area contributed by atoms with Crippen molar-refractivity contribution < 1.29 is 19.2 Å². The molecule has 0 heterocycles. The molecule has 0 unspecified atom stereocenters. The van der Waals surface area contributed by atoms with Gasteiger partial charge in [-0.3, -0.25) is 0 Å². The third kappa shape index (κ3) is 121. The van der Waals surface area contributed by atoms with E-state index in [1.807, 2.05) is 0 Å². The number of phosphoric acid groups is 1. The topological polar surface area (TPSA) is 77.8 Å². The van der Waals surface area contributed by atoms with Gasteiger partial charge in [-0.1, -0.05) is 0 Å². The van der Waals surface area contributed by atoms with Crippen molar-refractivity contribution in [2.75, 3.05) is 0 Å². The van der Waals surface area contributed by atoms with Crippen LogP contribution in [0.25, 0.3) is 0 Å². The summed E-state index contributed by atoms with van der Waals surface area (Å²) in [7, 11) is -4.64. The molecule has 7 heteroatoms. The van der Waals surface area contributed by atoms with Crippen LogP contribution in [0.4, 0.5) is 0 Å². The van der Waals surface area contributed by atoms with Crippen LogP contribution in [-0.4, -0.2) is 52.4 Å². The fourth-order valence-corrected chi connectivity index (χ4v) is 0. The zero-order valence-electron chi connectivity index (χ0n) is 2.20. The summed E-state index contributed by atoms with van der Waals surface area (Å²) >= 11 is 0. The normalized spacial score (nSPS) is 8.43. The molecule has 0 bridgehead atoms. The Kier molecular flexibility index (Phi) is 12.2. The first-order valence-corrected chi connectivity index (χ1v) is 2.35. The van der Waals surface area contributed by atoms with Gasteiger partial charge in [0.15, 0.2) is 0 Å². The Balaban J connectivity index is -0.0000000800. The minimum absolute atomic E-state index is 0. The standard InChI is InChI=1S/2Li.H3O4P.2H/c;;1-5(2,3)4;;/h;;(H3,1,2,3,4);;. The fourth-order valence-electron chi connectivity index (χ4n) is 0. The van der Waals surface area contributed by atoms with E-state index in [1.54, 1.807) is 0 Å². The molecule has 4 nitrogen and oxygen atoms in total. The molecule has 0 fully saturated rings. The maximum absolute atomic E-state index is 8.88. The van der Waals surface area contributed by atoms with E-state index in [9.17, 15) is 0 Å². The summed E-state index contributed by atoms with van der Waals surface area (Å²) in [5.41, 5.74) is 0. The van der Waals surface area contributed by atoms with Gasteiger partial charge >= 0.3 is 45.5 Å². The first-order chi connectivity index (χ1) is 2.00. The second kappa shape index (κ2) is 5.44. The summed E-state index contributed by atoms with van der Waals surface area (Å²) in [6, 6.07) is 0. The van der Waals surface area contributed by atoms with Gasteiger partial charge in [0.05, 0.1) is 0 Å². The van der Waals surface area contributed by atoms with E-state index in [4.69, 9.17) is 19.2 Å². The zero-order valence-corrected chi connectivity index (χ0v) is 3.09. The molecular formula is H5Li2O4P. The number of hydrogen-bond donors (Lipinski definition) is 3. The summed E-state index contributed by atoms with van der Waals surface area (Å²) in [4.78, 5) is 21.6. The molecule has 0 saturated carbocycles. The molecule has 0 aromatic rings. The molecule has 0 aliphatic rings. The Morgan fingerprint density at radius 3 is 1.00 bits per heavy atom. The van der Waals surface area contributed by atoms with E-state index in [2.05, 4.69) is 0 Å². The van der Waals surface area contributed by atoms with Crippen LogP contribution in [0.1, 0.15) is 0 Å². The molecular weight excluding hydrogens is 109 g/mol. The van der Waals surface area contributed by atoms with E-state index < -0.39 is 7.82 Å². The van der Waals surface area contributed by atoms with E-state index in [-0.39, 0.29) is 37.7 Å². The van der Waals surface area contributed by atoms with Crippen molar-refractivity contribution >= 4 is 45.5 Å². The summed E-state index contributed by atoms with van der Waals surface area (Å²) < 4.78 is 8.88. The maximum atomic E-state index is 8.88. The third-order valence-corrected chi connectivity index (χ3v) is 0. The molecule has 0 aromatic carbocycles. The Morgan fingerprint density at radius 2 is 1.00 bits per heavy atom. The molecule has 7 heavy (non-hydrogen) atoms. The SMILES string of the molecule is O=P(O)(O)O.[LiH].[LiH]. The summed E-state index contributed by atoms with van der Waals surface area (Å²) in [5, 5.41) is 0. The molecule has 3 N–H and O–H groups in total.